The third-order valence-electron chi connectivity index (χ3n) is 4.48. The lowest BCUT2D eigenvalue weighted by Crippen LogP contribution is -2.33. The summed E-state index contributed by atoms with van der Waals surface area (Å²) in [6.07, 6.45) is 2.03. The maximum atomic E-state index is 10.1. The fraction of sp³-hybridized carbons (Fsp3) is 0.529. The van der Waals surface area contributed by atoms with Crippen LogP contribution in [0.5, 0.6) is 11.5 Å². The summed E-state index contributed by atoms with van der Waals surface area (Å²) in [5, 5.41) is 10.1. The van der Waals surface area contributed by atoms with Gasteiger partial charge in [-0.05, 0) is 43.0 Å². The van der Waals surface area contributed by atoms with Crippen LogP contribution in [0.2, 0.25) is 0 Å². The molecule has 4 nitrogen and oxygen atoms in total. The van der Waals surface area contributed by atoms with E-state index < -0.39 is 32.6 Å². The Balaban J connectivity index is 2.10. The number of methoxy groups -OCH3 is 2. The molecule has 21 heavy (non-hydrogen) atoms. The molecule has 1 heterocycles. The van der Waals surface area contributed by atoms with Gasteiger partial charge in [-0.15, -0.1) is 0 Å². The van der Waals surface area contributed by atoms with Crippen LogP contribution in [0.1, 0.15) is 37.2 Å². The van der Waals surface area contributed by atoms with E-state index in [0.717, 1.165) is 0 Å². The minimum atomic E-state index is -2.84. The number of likely N-dealkylation sites (N-methyl/N-ethyl adjacent to an activating group) is 1. The van der Waals surface area contributed by atoms with Crippen molar-refractivity contribution in [2.45, 2.75) is 30.8 Å². The normalized spacial score (nSPS) is 36.2. The van der Waals surface area contributed by atoms with Crippen molar-refractivity contribution in [1.82, 2.24) is 4.90 Å². The van der Waals surface area contributed by atoms with Crippen LogP contribution >= 0.6 is 0 Å². The second-order valence-electron chi connectivity index (χ2n) is 5.51. The fourth-order valence-corrected chi connectivity index (χ4v) is 3.38. The molecule has 1 fully saturated rings. The van der Waals surface area contributed by atoms with Gasteiger partial charge in [0.25, 0.3) is 0 Å². The Hall–Kier alpha value is -1.68. The zero-order valence-electron chi connectivity index (χ0n) is 20.4. The van der Waals surface area contributed by atoms with E-state index in [2.05, 4.69) is 0 Å². The van der Waals surface area contributed by atoms with Gasteiger partial charge in [-0.1, -0.05) is 6.07 Å². The molecule has 1 saturated heterocycles. The topological polar surface area (TPSA) is 41.9 Å². The quantitative estimate of drug-likeness (QED) is 0.930. The number of benzene rings is 1. The molecule has 114 valence electrons. The Bertz CT molecular complexity index is 831. The number of fused-ring (bicyclic) bond motifs is 1. The lowest BCUT2D eigenvalue weighted by molar-refractivity contribution is 0.181. The predicted octanol–water partition coefficient (Wildman–Crippen LogP) is 2.32. The van der Waals surface area contributed by atoms with Gasteiger partial charge in [-0.25, -0.2) is 0 Å². The summed E-state index contributed by atoms with van der Waals surface area (Å²) in [5.41, 5.74) is 0.258. The molecule has 1 aromatic rings. The van der Waals surface area contributed by atoms with Crippen LogP contribution in [0, 0.1) is 0 Å². The number of rotatable bonds is 3. The third-order valence-corrected chi connectivity index (χ3v) is 4.48. The highest BCUT2D eigenvalue weighted by Crippen LogP contribution is 2.50. The molecule has 4 heteroatoms. The Labute approximate surface area is 138 Å². The monoisotopic (exact) mass is 298 g/mol. The molecular formula is C17H23NO3. The van der Waals surface area contributed by atoms with Gasteiger partial charge in [0.15, 0.2) is 11.5 Å². The number of likely N-dealkylation sites (tertiary alicyclic amines) is 1. The lowest BCUT2D eigenvalue weighted by Gasteiger charge is -2.37. The molecule has 1 aromatic carbocycles. The van der Waals surface area contributed by atoms with Gasteiger partial charge in [-0.2, -0.15) is 0 Å². The smallest absolute Gasteiger partial charge is 0.161 e. The zero-order chi connectivity index (χ0) is 22.5. The molecular weight excluding hydrogens is 266 g/mol. The van der Waals surface area contributed by atoms with Crippen LogP contribution in [0.15, 0.2) is 30.0 Å². The summed E-state index contributed by atoms with van der Waals surface area (Å²) in [4.78, 5) is 1.27. The van der Waals surface area contributed by atoms with Crippen molar-refractivity contribution in [2.24, 2.45) is 0 Å². The Morgan fingerprint density at radius 3 is 2.95 bits per heavy atom. The zero-order valence-corrected chi connectivity index (χ0v) is 11.4. The molecule has 1 aliphatic heterocycles. The Morgan fingerprint density at radius 1 is 1.29 bits per heavy atom. The van der Waals surface area contributed by atoms with E-state index in [9.17, 15) is 5.11 Å². The van der Waals surface area contributed by atoms with Crippen molar-refractivity contribution in [3.05, 3.63) is 35.5 Å². The van der Waals surface area contributed by atoms with Crippen LogP contribution < -0.4 is 9.47 Å². The highest BCUT2D eigenvalue weighted by molar-refractivity contribution is 5.49. The molecule has 0 spiro atoms. The van der Waals surface area contributed by atoms with Gasteiger partial charge in [0, 0.05) is 28.7 Å². The summed E-state index contributed by atoms with van der Waals surface area (Å²) in [5.74, 6) is -0.519. The average Bonchev–Trinajstić information content (AvgIpc) is 2.94. The number of aliphatic hydroxyl groups excluding tert-OH is 1. The average molecular weight is 298 g/mol. The third kappa shape index (κ3) is 2.18. The molecule has 0 saturated carbocycles. The lowest BCUT2D eigenvalue weighted by atomic mass is 9.70. The van der Waals surface area contributed by atoms with E-state index >= 15 is 0 Å². The van der Waals surface area contributed by atoms with E-state index in [1.54, 1.807) is 6.07 Å². The minimum absolute atomic E-state index is 0.234. The van der Waals surface area contributed by atoms with Crippen LogP contribution in [-0.4, -0.2) is 43.7 Å². The standard InChI is InChI=1S/C17H23NO3/c1-18-9-8-17(7-6-13(19)11-16(17)18)12-4-5-14(20-2)15(10-12)21-3/h4-5,10-11,13,19H,6-9H2,1-3H3/t13-,17+/m1/s1/i1D3,2D3,3D3. The van der Waals surface area contributed by atoms with Crippen molar-refractivity contribution < 1.29 is 26.9 Å². The number of hydrogen-bond donors (Lipinski definition) is 1. The SMILES string of the molecule is [2H]C([2H])([2H])Oc1ccc([C@@]23CC[C@@H](O)C=C2N(C([2H])([2H])[2H])CC3)cc1OC([2H])([2H])[2H]. The van der Waals surface area contributed by atoms with Gasteiger partial charge >= 0.3 is 0 Å². The molecule has 2 aliphatic rings. The molecule has 0 bridgehead atoms. The first kappa shape index (κ1) is 7.05. The van der Waals surface area contributed by atoms with Crippen molar-refractivity contribution in [1.29, 1.82) is 0 Å². The first-order valence-corrected chi connectivity index (χ1v) is 6.81. The molecule has 0 radical (unpaired) electrons. The number of ether oxygens (including phenoxy) is 2. The summed E-state index contributed by atoms with van der Waals surface area (Å²) < 4.78 is 77.4. The van der Waals surface area contributed by atoms with Gasteiger partial charge in [0.2, 0.25) is 0 Å². The van der Waals surface area contributed by atoms with E-state index in [1.807, 2.05) is 0 Å². The van der Waals surface area contributed by atoms with Crippen LogP contribution in [-0.2, 0) is 5.41 Å². The highest BCUT2D eigenvalue weighted by Gasteiger charge is 2.45. The van der Waals surface area contributed by atoms with Crippen molar-refractivity contribution in [3.63, 3.8) is 0 Å². The van der Waals surface area contributed by atoms with E-state index in [-0.39, 0.29) is 18.0 Å². The first-order chi connectivity index (χ1) is 13.6. The van der Waals surface area contributed by atoms with Crippen molar-refractivity contribution in [3.8, 4) is 11.5 Å². The molecule has 0 unspecified atom stereocenters. The summed E-state index contributed by atoms with van der Waals surface area (Å²) in [6.45, 7) is -2.16. The fourth-order valence-electron chi connectivity index (χ4n) is 3.38. The predicted molar refractivity (Wildman–Crippen MR) is 81.8 cm³/mol. The molecule has 3 rings (SSSR count). The van der Waals surface area contributed by atoms with Gasteiger partial charge < -0.3 is 19.5 Å². The largest absolute Gasteiger partial charge is 0.493 e. The van der Waals surface area contributed by atoms with Gasteiger partial charge in [-0.3, -0.25) is 0 Å². The number of allylic oxidation sites excluding steroid dienone is 1. The maximum Gasteiger partial charge on any atom is 0.161 e. The van der Waals surface area contributed by atoms with Crippen molar-refractivity contribution >= 4 is 0 Å². The summed E-state index contributed by atoms with van der Waals surface area (Å²) in [6, 6.07) is 4.29. The van der Waals surface area contributed by atoms with Crippen LogP contribution in [0.25, 0.3) is 0 Å². The van der Waals surface area contributed by atoms with E-state index in [4.69, 9.17) is 21.8 Å². The van der Waals surface area contributed by atoms with Gasteiger partial charge in [0.05, 0.1) is 28.4 Å². The molecule has 0 amide bonds. The first-order valence-electron chi connectivity index (χ1n) is 11.3. The van der Waals surface area contributed by atoms with E-state index in [0.29, 0.717) is 30.5 Å². The van der Waals surface area contributed by atoms with Crippen LogP contribution in [0.4, 0.5) is 0 Å². The molecule has 2 atom stereocenters. The van der Waals surface area contributed by atoms with Gasteiger partial charge in [0.1, 0.15) is 0 Å². The number of nitrogens with zero attached hydrogens (tertiary/aromatic N) is 1. The molecule has 1 N–H and O–H groups in total. The highest BCUT2D eigenvalue weighted by atomic mass is 16.5. The number of aliphatic hydroxyl groups is 1. The second kappa shape index (κ2) is 5.26. The summed E-state index contributed by atoms with van der Waals surface area (Å²) in [7, 11) is -5.65. The maximum absolute atomic E-state index is 10.1. The van der Waals surface area contributed by atoms with Crippen molar-refractivity contribution in [2.75, 3.05) is 27.6 Å². The summed E-state index contributed by atoms with van der Waals surface area (Å²) >= 11 is 0. The van der Waals surface area contributed by atoms with E-state index in [1.165, 1.54) is 23.1 Å². The minimum Gasteiger partial charge on any atom is -0.493 e. The van der Waals surface area contributed by atoms with Crippen LogP contribution in [0.3, 0.4) is 0 Å². The number of hydrogen-bond acceptors (Lipinski definition) is 4. The molecule has 0 aromatic heterocycles. The second-order valence-corrected chi connectivity index (χ2v) is 5.51. The Kier molecular flexibility index (Phi) is 1.77. The molecule has 1 aliphatic carbocycles. The Morgan fingerprint density at radius 2 is 2.14 bits per heavy atom.